The first-order valence-electron chi connectivity index (χ1n) is 7.47. The molecular formula is C17H19ClN2O3S. The molecule has 5 nitrogen and oxygen atoms in total. The summed E-state index contributed by atoms with van der Waals surface area (Å²) in [7, 11) is -3.73. The molecule has 0 saturated carbocycles. The predicted molar refractivity (Wildman–Crippen MR) is 95.8 cm³/mol. The van der Waals surface area contributed by atoms with Gasteiger partial charge in [0.25, 0.3) is 0 Å². The lowest BCUT2D eigenvalue weighted by Crippen LogP contribution is -2.33. The van der Waals surface area contributed by atoms with Gasteiger partial charge in [0.15, 0.2) is 0 Å². The zero-order chi connectivity index (χ0) is 17.7. The standard InChI is InChI=1S/C17H19ClN2O3S/c1-3-13-7-9-14(10-8-13)24(22,23)19-11-17(21)20-16-6-4-5-15(18)12(16)2/h4-10,19H,3,11H2,1-2H3,(H,20,21). The highest BCUT2D eigenvalue weighted by atomic mass is 35.5. The molecule has 0 atom stereocenters. The lowest BCUT2D eigenvalue weighted by atomic mass is 10.2. The van der Waals surface area contributed by atoms with Gasteiger partial charge < -0.3 is 5.32 Å². The Hall–Kier alpha value is -1.89. The molecule has 0 aliphatic rings. The lowest BCUT2D eigenvalue weighted by molar-refractivity contribution is -0.115. The molecule has 7 heteroatoms. The first-order chi connectivity index (χ1) is 11.3. The molecule has 2 aromatic carbocycles. The Kier molecular flexibility index (Phi) is 5.99. The highest BCUT2D eigenvalue weighted by Gasteiger charge is 2.16. The number of halogens is 1. The van der Waals surface area contributed by atoms with E-state index in [0.29, 0.717) is 10.7 Å². The predicted octanol–water partition coefficient (Wildman–Crippen LogP) is 3.13. The number of hydrogen-bond acceptors (Lipinski definition) is 3. The van der Waals surface area contributed by atoms with Crippen molar-refractivity contribution in [1.29, 1.82) is 0 Å². The van der Waals surface area contributed by atoms with E-state index in [0.717, 1.165) is 17.5 Å². The van der Waals surface area contributed by atoms with Crippen LogP contribution < -0.4 is 10.0 Å². The van der Waals surface area contributed by atoms with Crippen molar-refractivity contribution >= 4 is 33.2 Å². The van der Waals surface area contributed by atoms with Gasteiger partial charge >= 0.3 is 0 Å². The second-order valence-corrected chi connectivity index (χ2v) is 7.46. The van der Waals surface area contributed by atoms with Crippen LogP contribution in [0, 0.1) is 6.92 Å². The summed E-state index contributed by atoms with van der Waals surface area (Å²) in [4.78, 5) is 12.1. The van der Waals surface area contributed by atoms with Crippen LogP contribution in [0.15, 0.2) is 47.4 Å². The summed E-state index contributed by atoms with van der Waals surface area (Å²) in [5.41, 5.74) is 2.33. The van der Waals surface area contributed by atoms with Gasteiger partial charge in [0.2, 0.25) is 15.9 Å². The van der Waals surface area contributed by atoms with Crippen molar-refractivity contribution in [3.63, 3.8) is 0 Å². The van der Waals surface area contributed by atoms with Gasteiger partial charge in [-0.3, -0.25) is 4.79 Å². The van der Waals surface area contributed by atoms with E-state index in [1.165, 1.54) is 12.1 Å². The van der Waals surface area contributed by atoms with Crippen LogP contribution in [0.1, 0.15) is 18.1 Å². The number of nitrogens with one attached hydrogen (secondary N) is 2. The number of sulfonamides is 1. The van der Waals surface area contributed by atoms with E-state index in [1.54, 1.807) is 37.3 Å². The fraction of sp³-hybridized carbons (Fsp3) is 0.235. The van der Waals surface area contributed by atoms with Crippen LogP contribution in [0.25, 0.3) is 0 Å². The third-order valence-electron chi connectivity index (χ3n) is 3.61. The Morgan fingerprint density at radius 1 is 1.12 bits per heavy atom. The molecule has 0 aromatic heterocycles. The Bertz CT molecular complexity index is 833. The van der Waals surface area contributed by atoms with Crippen LogP contribution in [-0.4, -0.2) is 20.9 Å². The second-order valence-electron chi connectivity index (χ2n) is 5.28. The quantitative estimate of drug-likeness (QED) is 0.824. The minimum absolute atomic E-state index is 0.131. The van der Waals surface area contributed by atoms with Crippen LogP contribution >= 0.6 is 11.6 Å². The van der Waals surface area contributed by atoms with Gasteiger partial charge in [0.05, 0.1) is 11.4 Å². The van der Waals surface area contributed by atoms with Crippen LogP contribution in [-0.2, 0) is 21.2 Å². The van der Waals surface area contributed by atoms with E-state index in [-0.39, 0.29) is 11.4 Å². The smallest absolute Gasteiger partial charge is 0.241 e. The Morgan fingerprint density at radius 3 is 2.42 bits per heavy atom. The molecular weight excluding hydrogens is 348 g/mol. The largest absolute Gasteiger partial charge is 0.325 e. The molecule has 0 bridgehead atoms. The van der Waals surface area contributed by atoms with Crippen molar-refractivity contribution in [3.8, 4) is 0 Å². The molecule has 1 amide bonds. The maximum absolute atomic E-state index is 12.2. The molecule has 24 heavy (non-hydrogen) atoms. The summed E-state index contributed by atoms with van der Waals surface area (Å²) in [6.07, 6.45) is 0.829. The maximum Gasteiger partial charge on any atom is 0.241 e. The van der Waals surface area contributed by atoms with Crippen LogP contribution in [0.3, 0.4) is 0 Å². The minimum Gasteiger partial charge on any atom is -0.325 e. The fourth-order valence-corrected chi connectivity index (χ4v) is 3.24. The first-order valence-corrected chi connectivity index (χ1v) is 9.33. The van der Waals surface area contributed by atoms with E-state index >= 15 is 0 Å². The summed E-state index contributed by atoms with van der Waals surface area (Å²) < 4.78 is 26.7. The summed E-state index contributed by atoms with van der Waals surface area (Å²) in [5.74, 6) is -0.464. The lowest BCUT2D eigenvalue weighted by Gasteiger charge is -2.10. The highest BCUT2D eigenvalue weighted by Crippen LogP contribution is 2.22. The van der Waals surface area contributed by atoms with Crippen molar-refractivity contribution < 1.29 is 13.2 Å². The molecule has 0 aliphatic heterocycles. The molecule has 2 N–H and O–H groups in total. The zero-order valence-electron chi connectivity index (χ0n) is 13.5. The number of anilines is 1. The molecule has 0 unspecified atom stereocenters. The molecule has 2 aromatic rings. The maximum atomic E-state index is 12.2. The zero-order valence-corrected chi connectivity index (χ0v) is 15.0. The number of aryl methyl sites for hydroxylation is 1. The van der Waals surface area contributed by atoms with Gasteiger partial charge in [0, 0.05) is 10.7 Å². The Labute approximate surface area is 147 Å². The van der Waals surface area contributed by atoms with Gasteiger partial charge in [-0.25, -0.2) is 13.1 Å². The number of rotatable bonds is 6. The van der Waals surface area contributed by atoms with Crippen molar-refractivity contribution in [2.45, 2.75) is 25.2 Å². The van der Waals surface area contributed by atoms with Gasteiger partial charge in [-0.2, -0.15) is 0 Å². The second kappa shape index (κ2) is 7.79. The third-order valence-corrected chi connectivity index (χ3v) is 5.43. The number of carbonyl (C=O) groups is 1. The number of carbonyl (C=O) groups excluding carboxylic acids is 1. The molecule has 128 valence electrons. The Morgan fingerprint density at radius 2 is 1.79 bits per heavy atom. The third kappa shape index (κ3) is 4.56. The summed E-state index contributed by atoms with van der Waals surface area (Å²) in [5, 5.41) is 3.17. The number of hydrogen-bond donors (Lipinski definition) is 2. The molecule has 0 aliphatic carbocycles. The summed E-state index contributed by atoms with van der Waals surface area (Å²) in [6.45, 7) is 3.41. The van der Waals surface area contributed by atoms with Gasteiger partial charge in [-0.15, -0.1) is 0 Å². The molecule has 0 radical (unpaired) electrons. The average molecular weight is 367 g/mol. The molecule has 0 fully saturated rings. The topological polar surface area (TPSA) is 75.3 Å². The molecule has 0 heterocycles. The highest BCUT2D eigenvalue weighted by molar-refractivity contribution is 7.89. The number of amides is 1. The van der Waals surface area contributed by atoms with E-state index in [4.69, 9.17) is 11.6 Å². The molecule has 2 rings (SSSR count). The monoisotopic (exact) mass is 366 g/mol. The normalized spacial score (nSPS) is 11.3. The van der Waals surface area contributed by atoms with E-state index < -0.39 is 15.9 Å². The fourth-order valence-electron chi connectivity index (χ4n) is 2.09. The first kappa shape index (κ1) is 18.4. The van der Waals surface area contributed by atoms with Gasteiger partial charge in [-0.05, 0) is 48.7 Å². The van der Waals surface area contributed by atoms with Crippen LogP contribution in [0.2, 0.25) is 5.02 Å². The Balaban J connectivity index is 2.00. The summed E-state index contributed by atoms with van der Waals surface area (Å²) >= 11 is 5.99. The minimum atomic E-state index is -3.73. The van der Waals surface area contributed by atoms with E-state index in [1.807, 2.05) is 6.92 Å². The van der Waals surface area contributed by atoms with Crippen molar-refractivity contribution in [3.05, 3.63) is 58.6 Å². The van der Waals surface area contributed by atoms with E-state index in [2.05, 4.69) is 10.0 Å². The van der Waals surface area contributed by atoms with Crippen molar-refractivity contribution in [2.75, 3.05) is 11.9 Å². The number of benzene rings is 2. The van der Waals surface area contributed by atoms with Crippen molar-refractivity contribution in [2.24, 2.45) is 0 Å². The average Bonchev–Trinajstić information content (AvgIpc) is 2.57. The van der Waals surface area contributed by atoms with Gasteiger partial charge in [0.1, 0.15) is 0 Å². The van der Waals surface area contributed by atoms with E-state index in [9.17, 15) is 13.2 Å². The van der Waals surface area contributed by atoms with Crippen LogP contribution in [0.5, 0.6) is 0 Å². The van der Waals surface area contributed by atoms with Crippen molar-refractivity contribution in [1.82, 2.24) is 4.72 Å². The molecule has 0 spiro atoms. The SMILES string of the molecule is CCc1ccc(S(=O)(=O)NCC(=O)Nc2cccc(Cl)c2C)cc1. The van der Waals surface area contributed by atoms with Crippen LogP contribution in [0.4, 0.5) is 5.69 Å². The molecule has 0 saturated heterocycles. The summed E-state index contributed by atoms with van der Waals surface area (Å²) in [6, 6.07) is 11.7. The van der Waals surface area contributed by atoms with Gasteiger partial charge in [-0.1, -0.05) is 36.7 Å².